The first kappa shape index (κ1) is 21.8. The van der Waals surface area contributed by atoms with Gasteiger partial charge in [-0.2, -0.15) is 0 Å². The standard InChI is InChI=1S/C21H21Cl2N5O2/c1-2-10-27(14-20(29)24-18-11-16(22)8-9-17(18)23)21(30)19-13-28(26-25-19)12-15-6-4-3-5-7-15/h3-9,11,13H,2,10,12,14H2,1H3,(H,24,29). The molecular weight excluding hydrogens is 425 g/mol. The van der Waals surface area contributed by atoms with Crippen LogP contribution in [-0.4, -0.2) is 44.8 Å². The number of halogens is 2. The molecule has 3 rings (SSSR count). The smallest absolute Gasteiger partial charge is 0.276 e. The molecule has 9 heteroatoms. The Kier molecular flexibility index (Phi) is 7.43. The number of nitrogens with one attached hydrogen (secondary N) is 1. The van der Waals surface area contributed by atoms with Crippen LogP contribution in [0.2, 0.25) is 10.0 Å². The molecule has 1 heterocycles. The minimum absolute atomic E-state index is 0.138. The molecule has 0 saturated heterocycles. The second kappa shape index (κ2) is 10.2. The summed E-state index contributed by atoms with van der Waals surface area (Å²) in [6, 6.07) is 14.5. The zero-order chi connectivity index (χ0) is 21.5. The van der Waals surface area contributed by atoms with Gasteiger partial charge in [0.15, 0.2) is 5.69 Å². The van der Waals surface area contributed by atoms with Crippen molar-refractivity contribution in [3.63, 3.8) is 0 Å². The van der Waals surface area contributed by atoms with Gasteiger partial charge in [0.25, 0.3) is 5.91 Å². The highest BCUT2D eigenvalue weighted by Gasteiger charge is 2.21. The summed E-state index contributed by atoms with van der Waals surface area (Å²) in [5.41, 5.74) is 1.63. The number of carbonyl (C=O) groups is 2. The largest absolute Gasteiger partial charge is 0.328 e. The summed E-state index contributed by atoms with van der Waals surface area (Å²) in [6.07, 6.45) is 2.28. The van der Waals surface area contributed by atoms with Crippen molar-refractivity contribution in [1.82, 2.24) is 19.9 Å². The summed E-state index contributed by atoms with van der Waals surface area (Å²) in [5, 5.41) is 11.5. The van der Waals surface area contributed by atoms with E-state index >= 15 is 0 Å². The fraction of sp³-hybridized carbons (Fsp3) is 0.238. The summed E-state index contributed by atoms with van der Waals surface area (Å²) in [6.45, 7) is 2.70. The maximum Gasteiger partial charge on any atom is 0.276 e. The van der Waals surface area contributed by atoms with Gasteiger partial charge in [-0.05, 0) is 30.2 Å². The molecule has 2 aromatic carbocycles. The van der Waals surface area contributed by atoms with Crippen LogP contribution in [0.15, 0.2) is 54.7 Å². The first-order valence-electron chi connectivity index (χ1n) is 9.44. The Morgan fingerprint density at radius 3 is 2.63 bits per heavy atom. The minimum atomic E-state index is -0.377. The Morgan fingerprint density at radius 2 is 1.90 bits per heavy atom. The number of nitrogens with zero attached hydrogens (tertiary/aromatic N) is 4. The summed E-state index contributed by atoms with van der Waals surface area (Å²) in [7, 11) is 0. The van der Waals surface area contributed by atoms with Gasteiger partial charge in [-0.15, -0.1) is 5.10 Å². The lowest BCUT2D eigenvalue weighted by Crippen LogP contribution is -2.38. The van der Waals surface area contributed by atoms with E-state index in [0.29, 0.717) is 35.2 Å². The number of aromatic nitrogens is 3. The van der Waals surface area contributed by atoms with E-state index in [-0.39, 0.29) is 24.1 Å². The summed E-state index contributed by atoms with van der Waals surface area (Å²) in [4.78, 5) is 26.8. The molecule has 2 amide bonds. The zero-order valence-corrected chi connectivity index (χ0v) is 17.9. The lowest BCUT2D eigenvalue weighted by Gasteiger charge is -2.20. The Balaban J connectivity index is 1.67. The fourth-order valence-corrected chi connectivity index (χ4v) is 3.22. The molecule has 0 aliphatic rings. The van der Waals surface area contributed by atoms with Crippen LogP contribution in [0, 0.1) is 0 Å². The highest BCUT2D eigenvalue weighted by atomic mass is 35.5. The number of hydrogen-bond donors (Lipinski definition) is 1. The van der Waals surface area contributed by atoms with E-state index in [0.717, 1.165) is 5.56 Å². The van der Waals surface area contributed by atoms with E-state index < -0.39 is 0 Å². The number of anilines is 1. The molecule has 0 aliphatic carbocycles. The summed E-state index contributed by atoms with van der Waals surface area (Å²) >= 11 is 12.0. The van der Waals surface area contributed by atoms with Crippen molar-refractivity contribution in [2.75, 3.05) is 18.4 Å². The number of hydrogen-bond acceptors (Lipinski definition) is 4. The van der Waals surface area contributed by atoms with Crippen LogP contribution in [0.1, 0.15) is 29.4 Å². The number of carbonyl (C=O) groups excluding carboxylic acids is 2. The van der Waals surface area contributed by atoms with Gasteiger partial charge in [0.2, 0.25) is 5.91 Å². The van der Waals surface area contributed by atoms with E-state index in [4.69, 9.17) is 23.2 Å². The van der Waals surface area contributed by atoms with E-state index in [1.807, 2.05) is 37.3 Å². The van der Waals surface area contributed by atoms with Crippen molar-refractivity contribution in [3.8, 4) is 0 Å². The molecule has 156 valence electrons. The average molecular weight is 446 g/mol. The molecule has 1 aromatic heterocycles. The SMILES string of the molecule is CCCN(CC(=O)Nc1cc(Cl)ccc1Cl)C(=O)c1cn(Cc2ccccc2)nn1. The van der Waals surface area contributed by atoms with Crippen molar-refractivity contribution in [1.29, 1.82) is 0 Å². The van der Waals surface area contributed by atoms with Crippen LogP contribution in [-0.2, 0) is 11.3 Å². The summed E-state index contributed by atoms with van der Waals surface area (Å²) < 4.78 is 1.60. The number of benzene rings is 2. The first-order valence-corrected chi connectivity index (χ1v) is 10.2. The lowest BCUT2D eigenvalue weighted by molar-refractivity contribution is -0.116. The van der Waals surface area contributed by atoms with Crippen molar-refractivity contribution in [2.24, 2.45) is 0 Å². The van der Waals surface area contributed by atoms with Crippen molar-refractivity contribution < 1.29 is 9.59 Å². The van der Waals surface area contributed by atoms with Gasteiger partial charge in [-0.3, -0.25) is 9.59 Å². The maximum atomic E-state index is 12.9. The zero-order valence-electron chi connectivity index (χ0n) is 16.4. The second-order valence-corrected chi connectivity index (χ2v) is 7.53. The fourth-order valence-electron chi connectivity index (χ4n) is 2.88. The first-order chi connectivity index (χ1) is 14.5. The van der Waals surface area contributed by atoms with Crippen molar-refractivity contribution >= 4 is 40.7 Å². The van der Waals surface area contributed by atoms with E-state index in [1.54, 1.807) is 29.1 Å². The monoisotopic (exact) mass is 445 g/mol. The molecule has 0 atom stereocenters. The van der Waals surface area contributed by atoms with Gasteiger partial charge < -0.3 is 10.2 Å². The van der Waals surface area contributed by atoms with Gasteiger partial charge >= 0.3 is 0 Å². The van der Waals surface area contributed by atoms with Gasteiger partial charge in [0.05, 0.1) is 23.5 Å². The predicted octanol–water partition coefficient (Wildman–Crippen LogP) is 4.12. The Hall–Kier alpha value is -2.90. The topological polar surface area (TPSA) is 80.1 Å². The third kappa shape index (κ3) is 5.81. The van der Waals surface area contributed by atoms with Gasteiger partial charge in [-0.1, -0.05) is 65.7 Å². The lowest BCUT2D eigenvalue weighted by atomic mass is 10.2. The third-order valence-electron chi connectivity index (χ3n) is 4.26. The molecule has 30 heavy (non-hydrogen) atoms. The van der Waals surface area contributed by atoms with Crippen molar-refractivity contribution in [3.05, 3.63) is 76.0 Å². The normalized spacial score (nSPS) is 10.6. The Morgan fingerprint density at radius 1 is 1.13 bits per heavy atom. The maximum absolute atomic E-state index is 12.9. The molecule has 0 radical (unpaired) electrons. The van der Waals surface area contributed by atoms with Gasteiger partial charge in [-0.25, -0.2) is 4.68 Å². The summed E-state index contributed by atoms with van der Waals surface area (Å²) in [5.74, 6) is -0.735. The van der Waals surface area contributed by atoms with Crippen molar-refractivity contribution in [2.45, 2.75) is 19.9 Å². The number of amides is 2. The Bertz CT molecular complexity index is 1020. The van der Waals surface area contributed by atoms with Gasteiger partial charge in [0, 0.05) is 11.6 Å². The van der Waals surface area contributed by atoms with Crippen LogP contribution >= 0.6 is 23.2 Å². The Labute approximate surface area is 184 Å². The molecule has 0 unspecified atom stereocenters. The van der Waals surface area contributed by atoms with Crippen LogP contribution in [0.25, 0.3) is 0 Å². The van der Waals surface area contributed by atoms with Crippen LogP contribution in [0.5, 0.6) is 0 Å². The molecule has 0 bridgehead atoms. The van der Waals surface area contributed by atoms with Gasteiger partial charge in [0.1, 0.15) is 6.54 Å². The molecule has 1 N–H and O–H groups in total. The predicted molar refractivity (Wildman–Crippen MR) is 117 cm³/mol. The van der Waals surface area contributed by atoms with E-state index in [1.165, 1.54) is 4.90 Å². The van der Waals surface area contributed by atoms with Crippen LogP contribution in [0.4, 0.5) is 5.69 Å². The van der Waals surface area contributed by atoms with E-state index in [2.05, 4.69) is 15.6 Å². The second-order valence-electron chi connectivity index (χ2n) is 6.69. The molecule has 0 aliphatic heterocycles. The molecule has 7 nitrogen and oxygen atoms in total. The highest BCUT2D eigenvalue weighted by molar-refractivity contribution is 6.35. The molecule has 0 saturated carbocycles. The van der Waals surface area contributed by atoms with Crippen LogP contribution in [0.3, 0.4) is 0 Å². The molecule has 3 aromatic rings. The van der Waals surface area contributed by atoms with E-state index in [9.17, 15) is 9.59 Å². The molecule has 0 fully saturated rings. The quantitative estimate of drug-likeness (QED) is 0.565. The average Bonchev–Trinajstić information content (AvgIpc) is 3.19. The van der Waals surface area contributed by atoms with Crippen LogP contribution < -0.4 is 5.32 Å². The third-order valence-corrected chi connectivity index (χ3v) is 4.83. The molecule has 0 spiro atoms. The minimum Gasteiger partial charge on any atom is -0.328 e. The number of rotatable bonds is 8. The highest BCUT2D eigenvalue weighted by Crippen LogP contribution is 2.25. The molecular formula is C21H21Cl2N5O2.